The number of hydrogen-bond acceptors (Lipinski definition) is 5. The van der Waals surface area contributed by atoms with E-state index >= 15 is 0 Å². The number of carbonyl (C=O) groups is 1. The zero-order valence-electron chi connectivity index (χ0n) is 18.1. The van der Waals surface area contributed by atoms with Crippen LogP contribution in [0.4, 0.5) is 0 Å². The van der Waals surface area contributed by atoms with E-state index in [1.165, 1.54) is 0 Å². The highest BCUT2D eigenvalue weighted by Gasteiger charge is 2.23. The Labute approximate surface area is 197 Å². The Morgan fingerprint density at radius 1 is 1.00 bits per heavy atom. The molecule has 2 aromatic carbocycles. The monoisotopic (exact) mass is 459 g/mol. The van der Waals surface area contributed by atoms with Gasteiger partial charge in [0.25, 0.3) is 5.91 Å². The van der Waals surface area contributed by atoms with E-state index in [1.54, 1.807) is 6.26 Å². The molecule has 1 saturated heterocycles. The first kappa shape index (κ1) is 21.4. The number of rotatable bonds is 6. The predicted octanol–water partition coefficient (Wildman–Crippen LogP) is 4.52. The first-order valence-corrected chi connectivity index (χ1v) is 11.5. The average molecular weight is 460 g/mol. The minimum atomic E-state index is -0.0130. The van der Waals surface area contributed by atoms with Crippen molar-refractivity contribution in [2.75, 3.05) is 13.1 Å². The second-order valence-electron chi connectivity index (χ2n) is 8.13. The van der Waals surface area contributed by atoms with Crippen molar-refractivity contribution in [3.05, 3.63) is 89.4 Å². The number of carbonyl (C=O) groups excluding carboxylic acids is 1. The minimum Gasteiger partial charge on any atom is -0.461 e. The molecule has 33 heavy (non-hydrogen) atoms. The molecule has 0 saturated carbocycles. The smallest absolute Gasteiger partial charge is 0.251 e. The number of nitrogens with zero attached hydrogens (tertiary/aromatic N) is 4. The van der Waals surface area contributed by atoms with Gasteiger partial charge in [-0.15, -0.1) is 5.10 Å². The lowest BCUT2D eigenvalue weighted by Gasteiger charge is -2.32. The van der Waals surface area contributed by atoms with Gasteiger partial charge < -0.3 is 9.73 Å². The lowest BCUT2D eigenvalue weighted by molar-refractivity contribution is 0.0896. The highest BCUT2D eigenvalue weighted by atomic mass is 32.1. The van der Waals surface area contributed by atoms with E-state index in [1.807, 2.05) is 82.0 Å². The first-order chi connectivity index (χ1) is 16.2. The van der Waals surface area contributed by atoms with Gasteiger partial charge >= 0.3 is 0 Å². The predicted molar refractivity (Wildman–Crippen MR) is 129 cm³/mol. The fourth-order valence-electron chi connectivity index (χ4n) is 4.14. The largest absolute Gasteiger partial charge is 0.461 e. The molecule has 5 rings (SSSR count). The van der Waals surface area contributed by atoms with Crippen molar-refractivity contribution in [1.82, 2.24) is 24.6 Å². The number of hydrogen-bond donors (Lipinski definition) is 1. The SMILES string of the molecule is O=C(NC1CCN(Cn2nc(-c3ccco3)n(-c3ccccc3)c2=S)CC1)c1ccccc1. The Hall–Kier alpha value is -3.49. The fraction of sp³-hybridized carbons (Fsp3) is 0.240. The molecule has 1 amide bonds. The van der Waals surface area contributed by atoms with E-state index in [-0.39, 0.29) is 11.9 Å². The number of aromatic nitrogens is 3. The van der Waals surface area contributed by atoms with Crippen LogP contribution in [0.3, 0.4) is 0 Å². The third-order valence-electron chi connectivity index (χ3n) is 5.89. The van der Waals surface area contributed by atoms with E-state index < -0.39 is 0 Å². The molecule has 1 aliphatic rings. The van der Waals surface area contributed by atoms with Crippen molar-refractivity contribution in [2.45, 2.75) is 25.6 Å². The molecule has 0 spiro atoms. The van der Waals surface area contributed by atoms with E-state index in [0.29, 0.717) is 28.6 Å². The number of para-hydroxylation sites is 1. The average Bonchev–Trinajstić information content (AvgIpc) is 3.50. The molecular formula is C25H25N5O2S. The number of piperidine rings is 1. The van der Waals surface area contributed by atoms with Gasteiger partial charge in [-0.05, 0) is 61.5 Å². The zero-order chi connectivity index (χ0) is 22.6. The molecule has 1 aliphatic heterocycles. The Balaban J connectivity index is 1.29. The summed E-state index contributed by atoms with van der Waals surface area (Å²) < 4.78 is 10.0. The normalized spacial score (nSPS) is 14.9. The fourth-order valence-corrected chi connectivity index (χ4v) is 4.43. The first-order valence-electron chi connectivity index (χ1n) is 11.1. The summed E-state index contributed by atoms with van der Waals surface area (Å²) in [6, 6.07) is 23.2. The van der Waals surface area contributed by atoms with Crippen LogP contribution in [-0.2, 0) is 6.67 Å². The van der Waals surface area contributed by atoms with E-state index in [4.69, 9.17) is 21.7 Å². The van der Waals surface area contributed by atoms with Gasteiger partial charge in [-0.2, -0.15) is 0 Å². The van der Waals surface area contributed by atoms with Gasteiger partial charge in [0.2, 0.25) is 10.6 Å². The van der Waals surface area contributed by atoms with Crippen LogP contribution in [0.5, 0.6) is 0 Å². The van der Waals surface area contributed by atoms with Gasteiger partial charge in [0.1, 0.15) is 0 Å². The zero-order valence-corrected chi connectivity index (χ0v) is 18.9. The van der Waals surface area contributed by atoms with Crippen molar-refractivity contribution in [1.29, 1.82) is 0 Å². The number of benzene rings is 2. The molecule has 2 aromatic heterocycles. The molecule has 3 heterocycles. The van der Waals surface area contributed by atoms with Crippen molar-refractivity contribution in [2.24, 2.45) is 0 Å². The number of likely N-dealkylation sites (tertiary alicyclic amines) is 1. The summed E-state index contributed by atoms with van der Waals surface area (Å²) in [6.45, 7) is 2.30. The molecule has 0 atom stereocenters. The quantitative estimate of drug-likeness (QED) is 0.430. The van der Waals surface area contributed by atoms with E-state index in [2.05, 4.69) is 10.2 Å². The molecule has 4 aromatic rings. The van der Waals surface area contributed by atoms with Gasteiger partial charge in [-0.25, -0.2) is 4.68 Å². The van der Waals surface area contributed by atoms with Crippen LogP contribution in [0.1, 0.15) is 23.2 Å². The van der Waals surface area contributed by atoms with Crippen LogP contribution in [0.15, 0.2) is 83.5 Å². The third-order valence-corrected chi connectivity index (χ3v) is 6.28. The molecular weight excluding hydrogens is 434 g/mol. The Morgan fingerprint density at radius 3 is 2.36 bits per heavy atom. The maximum atomic E-state index is 12.5. The molecule has 1 fully saturated rings. The third kappa shape index (κ3) is 4.67. The van der Waals surface area contributed by atoms with Crippen molar-refractivity contribution >= 4 is 18.1 Å². The van der Waals surface area contributed by atoms with E-state index in [9.17, 15) is 4.79 Å². The van der Waals surface area contributed by atoms with Gasteiger partial charge in [0.05, 0.1) is 18.6 Å². The lowest BCUT2D eigenvalue weighted by Crippen LogP contribution is -2.45. The molecule has 0 aliphatic carbocycles. The van der Waals surface area contributed by atoms with Crippen LogP contribution in [-0.4, -0.2) is 44.3 Å². The molecule has 7 nitrogen and oxygen atoms in total. The van der Waals surface area contributed by atoms with Gasteiger partial charge in [-0.1, -0.05) is 36.4 Å². The Kier molecular flexibility index (Phi) is 6.19. The summed E-state index contributed by atoms with van der Waals surface area (Å²) in [5.41, 5.74) is 1.64. The summed E-state index contributed by atoms with van der Waals surface area (Å²) in [4.78, 5) is 14.8. The molecule has 1 N–H and O–H groups in total. The Morgan fingerprint density at radius 2 is 1.70 bits per heavy atom. The van der Waals surface area contributed by atoms with E-state index in [0.717, 1.165) is 31.6 Å². The van der Waals surface area contributed by atoms with Crippen LogP contribution >= 0.6 is 12.2 Å². The van der Waals surface area contributed by atoms with Crippen molar-refractivity contribution in [3.8, 4) is 17.3 Å². The van der Waals surface area contributed by atoms with Crippen LogP contribution in [0.2, 0.25) is 0 Å². The second kappa shape index (κ2) is 9.56. The molecule has 168 valence electrons. The number of furan rings is 1. The van der Waals surface area contributed by atoms with Gasteiger partial charge in [0, 0.05) is 24.7 Å². The van der Waals surface area contributed by atoms with Gasteiger partial charge in [0.15, 0.2) is 5.76 Å². The standard InChI is InChI=1S/C25H25N5O2S/c31-24(19-8-3-1-4-9-19)26-20-13-15-28(16-14-20)18-29-25(33)30(21-10-5-2-6-11-21)23(27-29)22-12-7-17-32-22/h1-12,17,20H,13-16,18H2,(H,26,31). The van der Waals surface area contributed by atoms with Crippen LogP contribution in [0, 0.1) is 4.77 Å². The summed E-state index contributed by atoms with van der Waals surface area (Å²) >= 11 is 5.81. The van der Waals surface area contributed by atoms with Crippen molar-refractivity contribution < 1.29 is 9.21 Å². The summed E-state index contributed by atoms with van der Waals surface area (Å²) in [5.74, 6) is 1.34. The number of nitrogens with one attached hydrogen (secondary N) is 1. The minimum absolute atomic E-state index is 0.0130. The molecule has 8 heteroatoms. The Bertz CT molecular complexity index is 1260. The highest BCUT2D eigenvalue weighted by Crippen LogP contribution is 2.23. The van der Waals surface area contributed by atoms with Gasteiger partial charge in [-0.3, -0.25) is 14.3 Å². The number of amides is 1. The topological polar surface area (TPSA) is 68.2 Å². The molecule has 0 radical (unpaired) electrons. The molecule has 0 bridgehead atoms. The highest BCUT2D eigenvalue weighted by molar-refractivity contribution is 7.71. The summed E-state index contributed by atoms with van der Waals surface area (Å²) in [5, 5.41) is 7.96. The molecule has 0 unspecified atom stereocenters. The second-order valence-corrected chi connectivity index (χ2v) is 8.49. The maximum absolute atomic E-state index is 12.5. The van der Waals surface area contributed by atoms with Crippen molar-refractivity contribution in [3.63, 3.8) is 0 Å². The summed E-state index contributed by atoms with van der Waals surface area (Å²) in [6.07, 6.45) is 3.41. The van der Waals surface area contributed by atoms with Crippen LogP contribution < -0.4 is 5.32 Å². The maximum Gasteiger partial charge on any atom is 0.251 e. The lowest BCUT2D eigenvalue weighted by atomic mass is 10.0. The van der Waals surface area contributed by atoms with Crippen LogP contribution in [0.25, 0.3) is 17.3 Å². The summed E-state index contributed by atoms with van der Waals surface area (Å²) in [7, 11) is 0.